The van der Waals surface area contributed by atoms with Gasteiger partial charge in [0.05, 0.1) is 12.4 Å². The summed E-state index contributed by atoms with van der Waals surface area (Å²) in [4.78, 5) is 68.4. The number of hydrogen-bond donors (Lipinski definition) is 8. The molecular weight excluding hydrogens is 484 g/mol. The van der Waals surface area contributed by atoms with E-state index in [2.05, 4.69) is 25.9 Å². The van der Waals surface area contributed by atoms with Gasteiger partial charge in [-0.25, -0.2) is 9.78 Å². The molecule has 1 rings (SSSR count). The van der Waals surface area contributed by atoms with Crippen molar-refractivity contribution in [1.29, 1.82) is 0 Å². The number of nitrogens with one attached hydrogen (secondary N) is 4. The first kappa shape index (κ1) is 31.5. The highest BCUT2D eigenvalue weighted by molar-refractivity contribution is 5.94. The Hall–Kier alpha value is -3.52. The summed E-state index contributed by atoms with van der Waals surface area (Å²) in [6.07, 6.45) is 4.71. The fourth-order valence-corrected chi connectivity index (χ4v) is 3.51. The van der Waals surface area contributed by atoms with Crippen LogP contribution in [0.3, 0.4) is 0 Å². The number of nitrogens with two attached hydrogens (primary N) is 3. The average Bonchev–Trinajstić information content (AvgIpc) is 3.36. The van der Waals surface area contributed by atoms with Crippen LogP contribution in [0, 0.1) is 5.92 Å². The second-order valence-corrected chi connectivity index (χ2v) is 9.01. The number of imidazole rings is 1. The maximum absolute atomic E-state index is 13.3. The van der Waals surface area contributed by atoms with Gasteiger partial charge in [0.25, 0.3) is 0 Å². The van der Waals surface area contributed by atoms with Crippen LogP contribution in [-0.4, -0.2) is 75.4 Å². The third-order valence-corrected chi connectivity index (χ3v) is 6.01. The largest absolute Gasteiger partial charge is 0.480 e. The average molecular weight is 525 g/mol. The summed E-state index contributed by atoms with van der Waals surface area (Å²) in [5, 5.41) is 17.1. The maximum Gasteiger partial charge on any atom is 0.326 e. The number of carboxylic acid groups (broad SMARTS) is 1. The predicted octanol–water partition coefficient (Wildman–Crippen LogP) is -1.74. The lowest BCUT2D eigenvalue weighted by Gasteiger charge is -2.28. The molecule has 0 spiro atoms. The number of aliphatic carboxylic acids is 1. The van der Waals surface area contributed by atoms with Crippen molar-refractivity contribution in [3.63, 3.8) is 0 Å². The van der Waals surface area contributed by atoms with Crippen LogP contribution < -0.4 is 33.2 Å². The number of amides is 4. The van der Waals surface area contributed by atoms with Crippen LogP contribution in [0.5, 0.6) is 0 Å². The number of carbonyl (C=O) groups excluding carboxylic acids is 4. The maximum atomic E-state index is 13.3. The zero-order chi connectivity index (χ0) is 28.0. The number of nitrogens with zero attached hydrogens (tertiary/aromatic N) is 1. The number of hydrogen-bond acceptors (Lipinski definition) is 8. The van der Waals surface area contributed by atoms with Crippen LogP contribution in [0.15, 0.2) is 12.5 Å². The van der Waals surface area contributed by atoms with E-state index in [9.17, 15) is 29.1 Å². The van der Waals surface area contributed by atoms with E-state index in [1.54, 1.807) is 6.92 Å². The summed E-state index contributed by atoms with van der Waals surface area (Å²) in [5.74, 6) is -4.26. The van der Waals surface area contributed by atoms with Crippen molar-refractivity contribution < 1.29 is 29.1 Å². The smallest absolute Gasteiger partial charge is 0.326 e. The van der Waals surface area contributed by atoms with E-state index in [0.29, 0.717) is 31.5 Å². The van der Waals surface area contributed by atoms with Crippen LogP contribution in [0.1, 0.15) is 58.1 Å². The van der Waals surface area contributed by atoms with Gasteiger partial charge in [0, 0.05) is 24.7 Å². The second-order valence-electron chi connectivity index (χ2n) is 9.01. The van der Waals surface area contributed by atoms with Gasteiger partial charge < -0.3 is 43.2 Å². The standard InChI is InChI=1S/C23H40N8O6/c1-3-13(2)19(31-20(33)15(25)6-4-5-9-24)22(35)30-17(10-14-11-27-12-28-14)21(34)29-16(23(36)37)7-8-18(26)32/h11-13,15-17,19H,3-10,24-25H2,1-2H3,(H2,26,32)(H,27,28)(H,29,34)(H,30,35)(H,31,33)(H,36,37). The Balaban J connectivity index is 3.04. The summed E-state index contributed by atoms with van der Waals surface area (Å²) in [6.45, 7) is 4.11. The Morgan fingerprint density at radius 1 is 1.03 bits per heavy atom. The molecule has 0 aliphatic heterocycles. The van der Waals surface area contributed by atoms with Gasteiger partial charge in [-0.05, 0) is 31.7 Å². The SMILES string of the molecule is CCC(C)C(NC(=O)C(N)CCCCN)C(=O)NC(Cc1cnc[nH]1)C(=O)NC(CCC(N)=O)C(=O)O. The molecule has 0 radical (unpaired) electrons. The van der Waals surface area contributed by atoms with E-state index in [4.69, 9.17) is 17.2 Å². The van der Waals surface area contributed by atoms with Crippen molar-refractivity contribution >= 4 is 29.6 Å². The van der Waals surface area contributed by atoms with Crippen molar-refractivity contribution in [1.82, 2.24) is 25.9 Å². The Bertz CT molecular complexity index is 894. The summed E-state index contributed by atoms with van der Waals surface area (Å²) in [5.41, 5.74) is 17.1. The first-order valence-electron chi connectivity index (χ1n) is 12.3. The second kappa shape index (κ2) is 16.3. The zero-order valence-electron chi connectivity index (χ0n) is 21.4. The molecule has 0 aliphatic carbocycles. The Morgan fingerprint density at radius 2 is 1.70 bits per heavy atom. The van der Waals surface area contributed by atoms with Gasteiger partial charge in [-0.15, -0.1) is 0 Å². The van der Waals surface area contributed by atoms with Crippen molar-refractivity contribution in [3.05, 3.63) is 18.2 Å². The van der Waals surface area contributed by atoms with Crippen molar-refractivity contribution in [2.24, 2.45) is 23.1 Å². The molecule has 14 heteroatoms. The molecule has 11 N–H and O–H groups in total. The van der Waals surface area contributed by atoms with Crippen LogP contribution in [0.25, 0.3) is 0 Å². The number of aromatic amines is 1. The molecule has 0 aromatic carbocycles. The minimum Gasteiger partial charge on any atom is -0.480 e. The first-order chi connectivity index (χ1) is 17.5. The molecule has 1 aromatic rings. The summed E-state index contributed by atoms with van der Waals surface area (Å²) < 4.78 is 0. The molecule has 5 atom stereocenters. The van der Waals surface area contributed by atoms with E-state index in [1.165, 1.54) is 12.5 Å². The number of rotatable bonds is 18. The Kier molecular flexibility index (Phi) is 13.9. The van der Waals surface area contributed by atoms with E-state index in [1.807, 2.05) is 6.92 Å². The van der Waals surface area contributed by atoms with Gasteiger partial charge in [-0.2, -0.15) is 0 Å². The third-order valence-electron chi connectivity index (χ3n) is 6.01. The normalized spacial score (nSPS) is 15.0. The van der Waals surface area contributed by atoms with Crippen molar-refractivity contribution in [2.75, 3.05) is 6.54 Å². The number of carboxylic acids is 1. The summed E-state index contributed by atoms with van der Waals surface area (Å²) >= 11 is 0. The highest BCUT2D eigenvalue weighted by Crippen LogP contribution is 2.11. The molecule has 37 heavy (non-hydrogen) atoms. The molecule has 0 aliphatic rings. The molecule has 14 nitrogen and oxygen atoms in total. The molecule has 0 saturated heterocycles. The predicted molar refractivity (Wildman–Crippen MR) is 134 cm³/mol. The van der Waals surface area contributed by atoms with Crippen molar-refractivity contribution in [2.45, 2.75) is 83.0 Å². The quantitative estimate of drug-likeness (QED) is 0.101. The summed E-state index contributed by atoms with van der Waals surface area (Å²) in [6, 6.07) is -4.40. The topological polar surface area (TPSA) is 248 Å². The minimum atomic E-state index is -1.39. The van der Waals surface area contributed by atoms with Gasteiger partial charge in [0.2, 0.25) is 23.6 Å². The van der Waals surface area contributed by atoms with E-state index in [-0.39, 0.29) is 25.2 Å². The molecule has 0 saturated carbocycles. The van der Waals surface area contributed by atoms with E-state index < -0.39 is 53.8 Å². The molecular formula is C23H40N8O6. The van der Waals surface area contributed by atoms with Gasteiger partial charge in [0.15, 0.2) is 0 Å². The van der Waals surface area contributed by atoms with Crippen molar-refractivity contribution in [3.8, 4) is 0 Å². The van der Waals surface area contributed by atoms with E-state index >= 15 is 0 Å². The number of carbonyl (C=O) groups is 5. The van der Waals surface area contributed by atoms with Gasteiger partial charge >= 0.3 is 5.97 Å². The highest BCUT2D eigenvalue weighted by Gasteiger charge is 2.32. The molecule has 4 amide bonds. The zero-order valence-corrected chi connectivity index (χ0v) is 21.4. The summed E-state index contributed by atoms with van der Waals surface area (Å²) in [7, 11) is 0. The lowest BCUT2D eigenvalue weighted by molar-refractivity contribution is -0.142. The van der Waals surface area contributed by atoms with Gasteiger partial charge in [-0.1, -0.05) is 26.7 Å². The molecule has 0 bridgehead atoms. The van der Waals surface area contributed by atoms with E-state index in [0.717, 1.165) is 6.42 Å². The van der Waals surface area contributed by atoms with Crippen LogP contribution in [0.4, 0.5) is 0 Å². The Labute approximate surface area is 215 Å². The molecule has 1 aromatic heterocycles. The number of H-pyrrole nitrogens is 1. The van der Waals surface area contributed by atoms with Crippen LogP contribution in [0.2, 0.25) is 0 Å². The van der Waals surface area contributed by atoms with Gasteiger partial charge in [0.1, 0.15) is 18.1 Å². The fraction of sp³-hybridized carbons (Fsp3) is 0.652. The Morgan fingerprint density at radius 3 is 2.24 bits per heavy atom. The van der Waals surface area contributed by atoms with Gasteiger partial charge in [-0.3, -0.25) is 19.2 Å². The minimum absolute atomic E-state index is 0.0283. The first-order valence-corrected chi connectivity index (χ1v) is 12.3. The molecule has 208 valence electrons. The molecule has 5 unspecified atom stereocenters. The monoisotopic (exact) mass is 524 g/mol. The van der Waals surface area contributed by atoms with Crippen LogP contribution >= 0.6 is 0 Å². The third kappa shape index (κ3) is 11.4. The lowest BCUT2D eigenvalue weighted by atomic mass is 9.96. The number of aromatic nitrogens is 2. The highest BCUT2D eigenvalue weighted by atomic mass is 16.4. The fourth-order valence-electron chi connectivity index (χ4n) is 3.51. The molecule has 0 fully saturated rings. The number of primary amides is 1. The number of unbranched alkanes of at least 4 members (excludes halogenated alkanes) is 1. The van der Waals surface area contributed by atoms with Crippen LogP contribution in [-0.2, 0) is 30.4 Å². The molecule has 1 heterocycles. The lowest BCUT2D eigenvalue weighted by Crippen LogP contribution is -2.59.